The van der Waals surface area contributed by atoms with Gasteiger partial charge in [0.15, 0.2) is 0 Å². The van der Waals surface area contributed by atoms with Crippen molar-refractivity contribution in [3.05, 3.63) is 23.8 Å². The van der Waals surface area contributed by atoms with Crippen LogP contribution in [0.3, 0.4) is 0 Å². The highest BCUT2D eigenvalue weighted by molar-refractivity contribution is 7.99. The van der Waals surface area contributed by atoms with Crippen LogP contribution in [0.25, 0.3) is 0 Å². The number of hydrogen-bond acceptors (Lipinski definition) is 4. The number of unbranched alkanes of at least 4 members (excludes halogenated alkanes) is 1. The van der Waals surface area contributed by atoms with E-state index < -0.39 is 6.10 Å². The normalized spacial score (nSPS) is 15.7. The van der Waals surface area contributed by atoms with Crippen molar-refractivity contribution in [2.75, 3.05) is 25.4 Å². The molecule has 1 aliphatic rings. The molecule has 20 heavy (non-hydrogen) atoms. The molecule has 0 saturated heterocycles. The average molecular weight is 295 g/mol. The van der Waals surface area contributed by atoms with Crippen LogP contribution < -0.4 is 10.1 Å². The third-order valence-corrected chi connectivity index (χ3v) is 4.66. The van der Waals surface area contributed by atoms with Crippen molar-refractivity contribution in [3.8, 4) is 5.75 Å². The van der Waals surface area contributed by atoms with Crippen molar-refractivity contribution in [2.45, 2.75) is 43.6 Å². The second-order valence-electron chi connectivity index (χ2n) is 5.22. The minimum absolute atomic E-state index is 0.357. The summed E-state index contributed by atoms with van der Waals surface area (Å²) in [6, 6.07) is 6.23. The van der Waals surface area contributed by atoms with E-state index in [0.717, 1.165) is 30.9 Å². The van der Waals surface area contributed by atoms with Gasteiger partial charge in [0.2, 0.25) is 0 Å². The molecule has 1 unspecified atom stereocenters. The van der Waals surface area contributed by atoms with Gasteiger partial charge in [0.05, 0.1) is 4.90 Å². The van der Waals surface area contributed by atoms with Crippen LogP contribution in [-0.4, -0.2) is 36.7 Å². The number of fused-ring (bicyclic) bond motifs is 1. The zero-order valence-electron chi connectivity index (χ0n) is 12.2. The Bertz CT molecular complexity index is 411. The molecule has 4 heteroatoms. The monoisotopic (exact) mass is 295 g/mol. The zero-order chi connectivity index (χ0) is 14.2. The van der Waals surface area contributed by atoms with Crippen LogP contribution in [-0.2, 0) is 6.42 Å². The standard InChI is InChI=1S/C16H25NO2S/c1-2-3-9-17-11-14(18)12-19-15-8-4-6-13-7-5-10-20-16(13)15/h4,6,8,14,17-18H,2-3,5,7,9-12H2,1H3. The summed E-state index contributed by atoms with van der Waals surface area (Å²) >= 11 is 1.87. The number of hydrogen-bond donors (Lipinski definition) is 2. The lowest BCUT2D eigenvalue weighted by Crippen LogP contribution is -2.32. The summed E-state index contributed by atoms with van der Waals surface area (Å²) in [6.45, 7) is 4.08. The van der Waals surface area contributed by atoms with E-state index in [4.69, 9.17) is 4.74 Å². The van der Waals surface area contributed by atoms with Crippen LogP contribution in [0.5, 0.6) is 5.75 Å². The molecular weight excluding hydrogens is 270 g/mol. The van der Waals surface area contributed by atoms with Crippen molar-refractivity contribution in [1.82, 2.24) is 5.32 Å². The molecule has 0 aromatic heterocycles. The fourth-order valence-corrected chi connectivity index (χ4v) is 3.41. The average Bonchev–Trinajstić information content (AvgIpc) is 2.49. The lowest BCUT2D eigenvalue weighted by Gasteiger charge is -2.20. The van der Waals surface area contributed by atoms with Gasteiger partial charge in [0.1, 0.15) is 18.5 Å². The molecule has 0 spiro atoms. The fraction of sp³-hybridized carbons (Fsp3) is 0.625. The SMILES string of the molecule is CCCCNCC(O)COc1cccc2c1SCCC2. The highest BCUT2D eigenvalue weighted by atomic mass is 32.2. The maximum Gasteiger partial charge on any atom is 0.133 e. The van der Waals surface area contributed by atoms with Gasteiger partial charge in [-0.1, -0.05) is 25.5 Å². The Hall–Kier alpha value is -0.710. The van der Waals surface area contributed by atoms with Gasteiger partial charge in [-0.2, -0.15) is 0 Å². The van der Waals surface area contributed by atoms with E-state index >= 15 is 0 Å². The molecule has 2 rings (SSSR count). The first kappa shape index (κ1) is 15.7. The van der Waals surface area contributed by atoms with E-state index in [1.54, 1.807) is 0 Å². The molecule has 0 fully saturated rings. The summed E-state index contributed by atoms with van der Waals surface area (Å²) in [5.41, 5.74) is 1.38. The Morgan fingerprint density at radius 1 is 1.45 bits per heavy atom. The Balaban J connectivity index is 1.79. The van der Waals surface area contributed by atoms with Gasteiger partial charge >= 0.3 is 0 Å². The molecule has 2 N–H and O–H groups in total. The summed E-state index contributed by atoms with van der Waals surface area (Å²) in [5, 5.41) is 13.2. The molecule has 1 aromatic rings. The van der Waals surface area contributed by atoms with E-state index in [1.165, 1.54) is 23.3 Å². The minimum Gasteiger partial charge on any atom is -0.490 e. The second-order valence-corrected chi connectivity index (χ2v) is 6.32. The maximum absolute atomic E-state index is 9.92. The van der Waals surface area contributed by atoms with Crippen molar-refractivity contribution in [1.29, 1.82) is 0 Å². The third kappa shape index (κ3) is 4.69. The molecule has 0 aliphatic carbocycles. The number of nitrogens with one attached hydrogen (secondary N) is 1. The Morgan fingerprint density at radius 3 is 3.20 bits per heavy atom. The van der Waals surface area contributed by atoms with Gasteiger partial charge in [-0.25, -0.2) is 0 Å². The number of benzene rings is 1. The Labute approximate surface area is 126 Å². The van der Waals surface area contributed by atoms with E-state index in [1.807, 2.05) is 23.9 Å². The van der Waals surface area contributed by atoms with Crippen LogP contribution in [0.15, 0.2) is 23.1 Å². The maximum atomic E-state index is 9.92. The van der Waals surface area contributed by atoms with Gasteiger partial charge < -0.3 is 15.2 Å². The zero-order valence-corrected chi connectivity index (χ0v) is 13.0. The Morgan fingerprint density at radius 2 is 2.35 bits per heavy atom. The quantitative estimate of drug-likeness (QED) is 0.724. The van der Waals surface area contributed by atoms with E-state index in [0.29, 0.717) is 13.2 Å². The second kappa shape index (κ2) is 8.55. The molecule has 0 saturated carbocycles. The molecule has 1 aliphatic heterocycles. The lowest BCUT2D eigenvalue weighted by molar-refractivity contribution is 0.105. The van der Waals surface area contributed by atoms with Crippen molar-refractivity contribution in [2.24, 2.45) is 0 Å². The number of thioether (sulfide) groups is 1. The summed E-state index contributed by atoms with van der Waals surface area (Å²) in [7, 11) is 0. The smallest absolute Gasteiger partial charge is 0.133 e. The molecule has 3 nitrogen and oxygen atoms in total. The summed E-state index contributed by atoms with van der Waals surface area (Å²) < 4.78 is 5.81. The fourth-order valence-electron chi connectivity index (χ4n) is 2.29. The van der Waals surface area contributed by atoms with Gasteiger partial charge in [0.25, 0.3) is 0 Å². The third-order valence-electron chi connectivity index (χ3n) is 3.42. The van der Waals surface area contributed by atoms with Crippen LogP contribution in [0, 0.1) is 0 Å². The van der Waals surface area contributed by atoms with Crippen LogP contribution in [0.4, 0.5) is 0 Å². The van der Waals surface area contributed by atoms with E-state index in [9.17, 15) is 5.11 Å². The molecule has 1 heterocycles. The molecule has 1 atom stereocenters. The van der Waals surface area contributed by atoms with Gasteiger partial charge in [-0.05, 0) is 43.2 Å². The van der Waals surface area contributed by atoms with Crippen LogP contribution in [0.1, 0.15) is 31.7 Å². The highest BCUT2D eigenvalue weighted by Gasteiger charge is 2.15. The van der Waals surface area contributed by atoms with Crippen molar-refractivity contribution in [3.63, 3.8) is 0 Å². The minimum atomic E-state index is -0.448. The van der Waals surface area contributed by atoms with Gasteiger partial charge in [-0.3, -0.25) is 0 Å². The first-order valence-electron chi connectivity index (χ1n) is 7.57. The number of aliphatic hydroxyl groups is 1. The van der Waals surface area contributed by atoms with E-state index in [2.05, 4.69) is 18.3 Å². The molecule has 1 aromatic carbocycles. The first-order valence-corrected chi connectivity index (χ1v) is 8.56. The molecule has 112 valence electrons. The topological polar surface area (TPSA) is 41.5 Å². The van der Waals surface area contributed by atoms with Crippen molar-refractivity contribution < 1.29 is 9.84 Å². The number of aliphatic hydroxyl groups excluding tert-OH is 1. The van der Waals surface area contributed by atoms with Crippen molar-refractivity contribution >= 4 is 11.8 Å². The summed E-state index contributed by atoms with van der Waals surface area (Å²) in [5.74, 6) is 2.09. The number of rotatable bonds is 8. The van der Waals surface area contributed by atoms with E-state index in [-0.39, 0.29) is 0 Å². The predicted molar refractivity (Wildman–Crippen MR) is 84.8 cm³/mol. The molecule has 0 amide bonds. The lowest BCUT2D eigenvalue weighted by atomic mass is 10.1. The van der Waals surface area contributed by atoms with Gasteiger partial charge in [0, 0.05) is 6.54 Å². The van der Waals surface area contributed by atoms with Crippen LogP contribution in [0.2, 0.25) is 0 Å². The number of aryl methyl sites for hydroxylation is 1. The highest BCUT2D eigenvalue weighted by Crippen LogP contribution is 2.37. The van der Waals surface area contributed by atoms with Crippen LogP contribution >= 0.6 is 11.8 Å². The summed E-state index contributed by atoms with van der Waals surface area (Å²) in [4.78, 5) is 1.27. The molecule has 0 radical (unpaired) electrons. The molecular formula is C16H25NO2S. The first-order chi connectivity index (χ1) is 9.81. The summed E-state index contributed by atoms with van der Waals surface area (Å²) in [6.07, 6.45) is 4.26. The molecule has 0 bridgehead atoms. The number of ether oxygens (including phenoxy) is 1. The Kier molecular flexibility index (Phi) is 6.70. The largest absolute Gasteiger partial charge is 0.490 e. The predicted octanol–water partition coefficient (Wildman–Crippen LogP) is 2.85. The van der Waals surface area contributed by atoms with Gasteiger partial charge in [-0.15, -0.1) is 11.8 Å².